The number of benzene rings is 2. The van der Waals surface area contributed by atoms with Crippen LogP contribution in [0.25, 0.3) is 33.5 Å². The van der Waals surface area contributed by atoms with E-state index >= 15 is 0 Å². The number of hydrogen-bond acceptors (Lipinski definition) is 5. The molecule has 0 bridgehead atoms. The van der Waals surface area contributed by atoms with Gasteiger partial charge in [-0.1, -0.05) is 48.2 Å². The van der Waals surface area contributed by atoms with Crippen molar-refractivity contribution >= 4 is 39.4 Å². The van der Waals surface area contributed by atoms with Crippen LogP contribution in [0.4, 0.5) is 0 Å². The Labute approximate surface area is 190 Å². The van der Waals surface area contributed by atoms with Gasteiger partial charge in [0.15, 0.2) is 16.7 Å². The molecule has 0 aliphatic heterocycles. The number of rotatable bonds is 7. The molecule has 0 radical (unpaired) electrons. The van der Waals surface area contributed by atoms with Gasteiger partial charge in [-0.25, -0.2) is 0 Å². The predicted octanol–water partition coefficient (Wildman–Crippen LogP) is 6.22. The molecule has 0 fully saturated rings. The first-order chi connectivity index (χ1) is 15.6. The molecule has 0 saturated carbocycles. The minimum absolute atomic E-state index is 0.0852. The summed E-state index contributed by atoms with van der Waals surface area (Å²) in [6.07, 6.45) is 1.96. The zero-order chi connectivity index (χ0) is 22.2. The highest BCUT2D eigenvalue weighted by atomic mass is 32.2. The predicted molar refractivity (Wildman–Crippen MR) is 128 cm³/mol. The van der Waals surface area contributed by atoms with Crippen LogP contribution in [0.15, 0.2) is 70.4 Å². The zero-order valence-electron chi connectivity index (χ0n) is 18.3. The van der Waals surface area contributed by atoms with Gasteiger partial charge in [0.1, 0.15) is 5.58 Å². The molecule has 0 spiro atoms. The van der Waals surface area contributed by atoms with Crippen molar-refractivity contribution in [1.82, 2.24) is 19.3 Å². The maximum atomic E-state index is 13.1. The van der Waals surface area contributed by atoms with E-state index in [-0.39, 0.29) is 11.8 Å². The van der Waals surface area contributed by atoms with Crippen molar-refractivity contribution in [3.63, 3.8) is 0 Å². The number of para-hydroxylation sites is 2. The van der Waals surface area contributed by atoms with Gasteiger partial charge in [0.25, 0.3) is 0 Å². The molecular formula is C25H24N4O2S. The molecular weight excluding hydrogens is 420 g/mol. The number of hydrogen-bond donors (Lipinski definition) is 0. The Hall–Kier alpha value is -3.32. The molecule has 0 saturated heterocycles. The van der Waals surface area contributed by atoms with Crippen molar-refractivity contribution < 1.29 is 9.21 Å². The van der Waals surface area contributed by atoms with Crippen molar-refractivity contribution in [2.75, 3.05) is 5.75 Å². The minimum atomic E-state index is 0.0852. The smallest absolute Gasteiger partial charge is 0.200 e. The molecule has 162 valence electrons. The summed E-state index contributed by atoms with van der Waals surface area (Å²) in [6, 6.07) is 18.0. The third-order valence-electron chi connectivity index (χ3n) is 5.59. The third-order valence-corrected chi connectivity index (χ3v) is 6.53. The van der Waals surface area contributed by atoms with E-state index < -0.39 is 0 Å². The zero-order valence-corrected chi connectivity index (χ0v) is 19.1. The fraction of sp³-hybridized carbons (Fsp3) is 0.240. The monoisotopic (exact) mass is 444 g/mol. The van der Waals surface area contributed by atoms with E-state index in [4.69, 9.17) is 4.42 Å². The number of fused-ring (bicyclic) bond motifs is 2. The molecule has 0 atom stereocenters. The lowest BCUT2D eigenvalue weighted by Crippen LogP contribution is -2.07. The number of carbonyl (C=O) groups is 1. The SMILES string of the molecule is CCn1cc(C(=O)CSc2nnc(-c3cc4ccccc4o3)n2C(C)C)c2ccccc21. The summed E-state index contributed by atoms with van der Waals surface area (Å²) in [4.78, 5) is 13.1. The van der Waals surface area contributed by atoms with E-state index in [2.05, 4.69) is 41.6 Å². The molecule has 5 aromatic rings. The second-order valence-corrected chi connectivity index (χ2v) is 8.92. The molecule has 7 heteroatoms. The molecule has 32 heavy (non-hydrogen) atoms. The van der Waals surface area contributed by atoms with Gasteiger partial charge in [0.05, 0.1) is 5.75 Å². The van der Waals surface area contributed by atoms with Crippen molar-refractivity contribution in [1.29, 1.82) is 0 Å². The lowest BCUT2D eigenvalue weighted by Gasteiger charge is -2.12. The van der Waals surface area contributed by atoms with Gasteiger partial charge < -0.3 is 8.98 Å². The molecule has 6 nitrogen and oxygen atoms in total. The van der Waals surface area contributed by atoms with Crippen LogP contribution < -0.4 is 0 Å². The van der Waals surface area contributed by atoms with E-state index in [9.17, 15) is 4.79 Å². The van der Waals surface area contributed by atoms with Crippen LogP contribution >= 0.6 is 11.8 Å². The average molecular weight is 445 g/mol. The maximum Gasteiger partial charge on any atom is 0.200 e. The number of aryl methyl sites for hydroxylation is 1. The van der Waals surface area contributed by atoms with Gasteiger partial charge >= 0.3 is 0 Å². The highest BCUT2D eigenvalue weighted by Gasteiger charge is 2.22. The molecule has 0 aliphatic rings. The lowest BCUT2D eigenvalue weighted by atomic mass is 10.1. The summed E-state index contributed by atoms with van der Waals surface area (Å²) < 4.78 is 10.2. The summed E-state index contributed by atoms with van der Waals surface area (Å²) in [6.45, 7) is 7.07. The molecule has 0 amide bonds. The summed E-state index contributed by atoms with van der Waals surface area (Å²) in [5.74, 6) is 1.73. The molecule has 5 rings (SSSR count). The Bertz CT molecular complexity index is 1390. The van der Waals surface area contributed by atoms with E-state index in [0.29, 0.717) is 22.5 Å². The number of Topliss-reactive ketones (excluding diaryl/α,β-unsaturated/α-hetero) is 1. The fourth-order valence-corrected chi connectivity index (χ4v) is 4.99. The topological polar surface area (TPSA) is 65.8 Å². The largest absolute Gasteiger partial charge is 0.453 e. The van der Waals surface area contributed by atoms with Gasteiger partial charge in [-0.15, -0.1) is 10.2 Å². The lowest BCUT2D eigenvalue weighted by molar-refractivity contribution is 0.102. The summed E-state index contributed by atoms with van der Waals surface area (Å²) in [7, 11) is 0. The Balaban J connectivity index is 1.43. The Morgan fingerprint density at radius 3 is 2.66 bits per heavy atom. The number of ketones is 1. The standard InChI is InChI=1S/C25H24N4O2S/c1-4-28-14-19(18-10-6-7-11-20(18)28)21(30)15-32-25-27-26-24(29(25)16(2)3)23-13-17-9-5-8-12-22(17)31-23/h5-14,16H,4,15H2,1-3H3. The van der Waals surface area contributed by atoms with Crippen molar-refractivity contribution in [2.24, 2.45) is 0 Å². The van der Waals surface area contributed by atoms with Gasteiger partial charge in [-0.05, 0) is 39.0 Å². The number of thioether (sulfide) groups is 1. The first-order valence-electron chi connectivity index (χ1n) is 10.7. The maximum absolute atomic E-state index is 13.1. The van der Waals surface area contributed by atoms with Crippen LogP contribution in [-0.4, -0.2) is 30.9 Å². The van der Waals surface area contributed by atoms with Crippen molar-refractivity contribution in [3.8, 4) is 11.6 Å². The summed E-state index contributed by atoms with van der Waals surface area (Å²) in [5, 5.41) is 11.5. The average Bonchev–Trinajstić information content (AvgIpc) is 3.51. The number of aromatic nitrogens is 4. The van der Waals surface area contributed by atoms with Gasteiger partial charge in [0.2, 0.25) is 5.82 Å². The summed E-state index contributed by atoms with van der Waals surface area (Å²) >= 11 is 1.42. The second-order valence-electron chi connectivity index (χ2n) is 7.98. The van der Waals surface area contributed by atoms with Crippen molar-refractivity contribution in [2.45, 2.75) is 38.5 Å². The van der Waals surface area contributed by atoms with Crippen molar-refractivity contribution in [3.05, 3.63) is 66.4 Å². The quantitative estimate of drug-likeness (QED) is 0.220. The van der Waals surface area contributed by atoms with Crippen LogP contribution in [0.5, 0.6) is 0 Å². The Morgan fingerprint density at radius 2 is 1.88 bits per heavy atom. The third kappa shape index (κ3) is 3.52. The molecule has 3 heterocycles. The first-order valence-corrected chi connectivity index (χ1v) is 11.7. The molecule has 3 aromatic heterocycles. The van der Waals surface area contributed by atoms with E-state index in [1.807, 2.05) is 59.3 Å². The van der Waals surface area contributed by atoms with Crippen LogP contribution in [0.1, 0.15) is 37.2 Å². The number of nitrogens with zero attached hydrogens (tertiary/aromatic N) is 4. The molecule has 0 N–H and O–H groups in total. The van der Waals surface area contributed by atoms with Crippen LogP contribution in [0.3, 0.4) is 0 Å². The highest BCUT2D eigenvalue weighted by Crippen LogP contribution is 2.32. The van der Waals surface area contributed by atoms with Crippen LogP contribution in [0.2, 0.25) is 0 Å². The van der Waals surface area contributed by atoms with Gasteiger partial charge in [0, 0.05) is 40.6 Å². The minimum Gasteiger partial charge on any atom is -0.453 e. The Morgan fingerprint density at radius 1 is 1.09 bits per heavy atom. The molecule has 0 aliphatic carbocycles. The van der Waals surface area contributed by atoms with E-state index in [0.717, 1.165) is 34.0 Å². The Kier molecular flexibility index (Phi) is 5.35. The van der Waals surface area contributed by atoms with Gasteiger partial charge in [-0.2, -0.15) is 0 Å². The fourth-order valence-electron chi connectivity index (χ4n) is 4.04. The van der Waals surface area contributed by atoms with E-state index in [1.54, 1.807) is 0 Å². The number of furan rings is 1. The normalized spacial score (nSPS) is 11.8. The van der Waals surface area contributed by atoms with Crippen LogP contribution in [0, 0.1) is 0 Å². The molecule has 2 aromatic carbocycles. The second kappa shape index (κ2) is 8.31. The summed E-state index contributed by atoms with van der Waals surface area (Å²) in [5.41, 5.74) is 2.65. The number of carbonyl (C=O) groups excluding carboxylic acids is 1. The van der Waals surface area contributed by atoms with Crippen LogP contribution in [-0.2, 0) is 6.54 Å². The first kappa shape index (κ1) is 20.6. The molecule has 0 unspecified atom stereocenters. The highest BCUT2D eigenvalue weighted by molar-refractivity contribution is 7.99. The van der Waals surface area contributed by atoms with Gasteiger partial charge in [-0.3, -0.25) is 9.36 Å². The van der Waals surface area contributed by atoms with E-state index in [1.165, 1.54) is 11.8 Å².